The number of halogens is 1. The first-order valence-corrected chi connectivity index (χ1v) is 10.3. The summed E-state index contributed by atoms with van der Waals surface area (Å²) in [5.74, 6) is 1.41. The third kappa shape index (κ3) is 5.10. The normalized spacial score (nSPS) is 10.5. The van der Waals surface area contributed by atoms with Crippen molar-refractivity contribution in [3.05, 3.63) is 46.4 Å². The Morgan fingerprint density at radius 2 is 1.57 bits per heavy atom. The molecular formula is C21H22BrN3O5. The Balaban J connectivity index is 1.87. The second-order valence-corrected chi connectivity index (χ2v) is 6.89. The van der Waals surface area contributed by atoms with Gasteiger partial charge in [0.05, 0.1) is 19.8 Å². The second-order valence-electron chi connectivity index (χ2n) is 5.97. The topological polar surface area (TPSA) is 95.7 Å². The first-order chi connectivity index (χ1) is 14.5. The average Bonchev–Trinajstić information content (AvgIpc) is 3.19. The van der Waals surface area contributed by atoms with E-state index in [9.17, 15) is 4.79 Å². The number of amides is 1. The summed E-state index contributed by atoms with van der Waals surface area (Å²) in [6, 6.07) is 10.4. The van der Waals surface area contributed by atoms with Crippen molar-refractivity contribution in [1.29, 1.82) is 0 Å². The maximum absolute atomic E-state index is 12.4. The van der Waals surface area contributed by atoms with E-state index in [1.807, 2.05) is 20.8 Å². The lowest BCUT2D eigenvalue weighted by atomic mass is 10.2. The second kappa shape index (κ2) is 10.1. The van der Waals surface area contributed by atoms with E-state index in [1.165, 1.54) is 0 Å². The molecule has 0 saturated heterocycles. The van der Waals surface area contributed by atoms with Crippen molar-refractivity contribution < 1.29 is 23.4 Å². The van der Waals surface area contributed by atoms with Gasteiger partial charge in [0, 0.05) is 15.6 Å². The molecule has 1 amide bonds. The molecule has 3 rings (SSSR count). The van der Waals surface area contributed by atoms with Crippen molar-refractivity contribution in [3.8, 4) is 28.7 Å². The maximum atomic E-state index is 12.4. The van der Waals surface area contributed by atoms with Crippen LogP contribution in [-0.2, 0) is 0 Å². The molecule has 3 aromatic rings. The lowest BCUT2D eigenvalue weighted by Crippen LogP contribution is -2.11. The van der Waals surface area contributed by atoms with E-state index in [2.05, 4.69) is 31.4 Å². The third-order valence-corrected chi connectivity index (χ3v) is 4.44. The van der Waals surface area contributed by atoms with E-state index in [4.69, 9.17) is 18.6 Å². The predicted molar refractivity (Wildman–Crippen MR) is 115 cm³/mol. The van der Waals surface area contributed by atoms with E-state index in [1.54, 1.807) is 36.4 Å². The summed E-state index contributed by atoms with van der Waals surface area (Å²) in [4.78, 5) is 12.4. The molecule has 9 heteroatoms. The minimum Gasteiger partial charge on any atom is -0.490 e. The number of hydrogen-bond donors (Lipinski definition) is 1. The quantitative estimate of drug-likeness (QED) is 0.467. The molecule has 2 aromatic carbocycles. The van der Waals surface area contributed by atoms with E-state index >= 15 is 0 Å². The zero-order valence-electron chi connectivity index (χ0n) is 16.9. The number of hydrogen-bond acceptors (Lipinski definition) is 7. The van der Waals surface area contributed by atoms with E-state index in [-0.39, 0.29) is 17.8 Å². The van der Waals surface area contributed by atoms with Crippen LogP contribution < -0.4 is 19.5 Å². The van der Waals surface area contributed by atoms with Crippen LogP contribution in [0.1, 0.15) is 31.1 Å². The van der Waals surface area contributed by atoms with Gasteiger partial charge in [-0.15, -0.1) is 5.10 Å². The van der Waals surface area contributed by atoms with Gasteiger partial charge in [0.2, 0.25) is 11.6 Å². The van der Waals surface area contributed by atoms with Gasteiger partial charge in [-0.05, 0) is 57.2 Å². The van der Waals surface area contributed by atoms with Crippen molar-refractivity contribution in [2.45, 2.75) is 20.8 Å². The van der Waals surface area contributed by atoms with Crippen LogP contribution in [0.5, 0.6) is 17.2 Å². The molecule has 0 bridgehead atoms. The molecular weight excluding hydrogens is 454 g/mol. The number of nitrogens with zero attached hydrogens (tertiary/aromatic N) is 2. The molecule has 0 unspecified atom stereocenters. The minimum atomic E-state index is -0.352. The number of ether oxygens (including phenoxy) is 3. The molecule has 1 heterocycles. The highest BCUT2D eigenvalue weighted by Crippen LogP contribution is 2.41. The van der Waals surface area contributed by atoms with Crippen LogP contribution in [0.2, 0.25) is 0 Å². The highest BCUT2D eigenvalue weighted by atomic mass is 79.9. The number of anilines is 1. The Kier molecular flexibility index (Phi) is 7.29. The highest BCUT2D eigenvalue weighted by molar-refractivity contribution is 9.10. The minimum absolute atomic E-state index is 0.0114. The number of rotatable bonds is 9. The van der Waals surface area contributed by atoms with E-state index < -0.39 is 0 Å². The number of carbonyl (C=O) groups excluding carboxylic acids is 1. The standard InChI is InChI=1S/C21H22BrN3O5/c1-4-27-16-11-14(12-17(28-5-2)18(16)29-6-3)20-24-25-21(30-20)23-19(26)13-7-9-15(22)10-8-13/h7-12H,4-6H2,1-3H3,(H,23,25,26). The molecule has 0 saturated carbocycles. The van der Waals surface area contributed by atoms with Gasteiger partial charge in [0.25, 0.3) is 5.91 Å². The maximum Gasteiger partial charge on any atom is 0.322 e. The lowest BCUT2D eigenvalue weighted by Gasteiger charge is -2.16. The van der Waals surface area contributed by atoms with Crippen LogP contribution in [0.3, 0.4) is 0 Å². The van der Waals surface area contributed by atoms with Gasteiger partial charge in [0.15, 0.2) is 11.5 Å². The molecule has 30 heavy (non-hydrogen) atoms. The third-order valence-electron chi connectivity index (χ3n) is 3.91. The Labute approximate surface area is 182 Å². The molecule has 0 atom stereocenters. The van der Waals surface area contributed by atoms with Crippen LogP contribution in [-0.4, -0.2) is 35.9 Å². The van der Waals surface area contributed by atoms with Crippen LogP contribution in [0, 0.1) is 0 Å². The number of carbonyl (C=O) groups is 1. The fourth-order valence-corrected chi connectivity index (χ4v) is 2.94. The van der Waals surface area contributed by atoms with Gasteiger partial charge in [-0.3, -0.25) is 10.1 Å². The fraction of sp³-hybridized carbons (Fsp3) is 0.286. The van der Waals surface area contributed by atoms with Crippen LogP contribution in [0.15, 0.2) is 45.3 Å². The van der Waals surface area contributed by atoms with Gasteiger partial charge in [-0.2, -0.15) is 0 Å². The van der Waals surface area contributed by atoms with Gasteiger partial charge >= 0.3 is 6.01 Å². The molecule has 0 radical (unpaired) electrons. The molecule has 0 aliphatic carbocycles. The van der Waals surface area contributed by atoms with Crippen molar-refractivity contribution >= 4 is 27.9 Å². The van der Waals surface area contributed by atoms with Crippen molar-refractivity contribution in [3.63, 3.8) is 0 Å². The SMILES string of the molecule is CCOc1cc(-c2nnc(NC(=O)c3ccc(Br)cc3)o2)cc(OCC)c1OCC. The van der Waals surface area contributed by atoms with Crippen molar-refractivity contribution in [1.82, 2.24) is 10.2 Å². The summed E-state index contributed by atoms with van der Waals surface area (Å²) in [5.41, 5.74) is 1.05. The molecule has 0 spiro atoms. The molecule has 1 N–H and O–H groups in total. The van der Waals surface area contributed by atoms with Crippen LogP contribution in [0.25, 0.3) is 11.5 Å². The molecule has 8 nitrogen and oxygen atoms in total. The lowest BCUT2D eigenvalue weighted by molar-refractivity contribution is 0.102. The zero-order valence-corrected chi connectivity index (χ0v) is 18.5. The summed E-state index contributed by atoms with van der Waals surface area (Å²) in [7, 11) is 0. The Hall–Kier alpha value is -3.07. The number of aromatic nitrogens is 2. The summed E-state index contributed by atoms with van der Waals surface area (Å²) < 4.78 is 23.6. The molecule has 158 valence electrons. The summed E-state index contributed by atoms with van der Waals surface area (Å²) >= 11 is 3.34. The molecule has 0 aliphatic heterocycles. The molecule has 1 aromatic heterocycles. The summed E-state index contributed by atoms with van der Waals surface area (Å²) in [6.45, 7) is 7.02. The Morgan fingerprint density at radius 3 is 2.13 bits per heavy atom. The molecule has 0 fully saturated rings. The van der Waals surface area contributed by atoms with E-state index in [0.717, 1.165) is 4.47 Å². The average molecular weight is 476 g/mol. The van der Waals surface area contributed by atoms with Crippen LogP contribution in [0.4, 0.5) is 6.01 Å². The largest absolute Gasteiger partial charge is 0.490 e. The molecule has 0 aliphatic rings. The number of nitrogens with one attached hydrogen (secondary N) is 1. The fourth-order valence-electron chi connectivity index (χ4n) is 2.67. The summed E-state index contributed by atoms with van der Waals surface area (Å²) in [6.07, 6.45) is 0. The Morgan fingerprint density at radius 1 is 0.967 bits per heavy atom. The van der Waals surface area contributed by atoms with E-state index in [0.29, 0.717) is 48.2 Å². The predicted octanol–water partition coefficient (Wildman–Crippen LogP) is 4.95. The number of benzene rings is 2. The smallest absolute Gasteiger partial charge is 0.322 e. The highest BCUT2D eigenvalue weighted by Gasteiger charge is 2.19. The van der Waals surface area contributed by atoms with Crippen LogP contribution >= 0.6 is 15.9 Å². The first-order valence-electron chi connectivity index (χ1n) is 9.52. The monoisotopic (exact) mass is 475 g/mol. The van der Waals surface area contributed by atoms with Crippen molar-refractivity contribution in [2.24, 2.45) is 0 Å². The van der Waals surface area contributed by atoms with Gasteiger partial charge in [0.1, 0.15) is 0 Å². The van der Waals surface area contributed by atoms with Gasteiger partial charge < -0.3 is 18.6 Å². The zero-order chi connectivity index (χ0) is 21.5. The summed E-state index contributed by atoms with van der Waals surface area (Å²) in [5, 5.41) is 10.5. The van der Waals surface area contributed by atoms with Gasteiger partial charge in [-0.1, -0.05) is 21.0 Å². The first kappa shape index (κ1) is 21.6. The Bertz CT molecular complexity index is 977. The van der Waals surface area contributed by atoms with Crippen molar-refractivity contribution in [2.75, 3.05) is 25.1 Å². The van der Waals surface area contributed by atoms with Gasteiger partial charge in [-0.25, -0.2) is 0 Å².